The third kappa shape index (κ3) is 1.82. The van der Waals surface area contributed by atoms with Crippen LogP contribution in [0.3, 0.4) is 0 Å². The number of ether oxygens (including phenoxy) is 1. The van der Waals surface area contributed by atoms with E-state index in [2.05, 4.69) is 10.3 Å². The molecule has 0 saturated carbocycles. The van der Waals surface area contributed by atoms with Crippen LogP contribution in [0.4, 0.5) is 5.69 Å². The molecular formula is C11H13ClN2O. The molecule has 2 aliphatic heterocycles. The van der Waals surface area contributed by atoms with Gasteiger partial charge < -0.3 is 10.1 Å². The van der Waals surface area contributed by atoms with Crippen LogP contribution in [0.5, 0.6) is 0 Å². The second-order valence-electron chi connectivity index (χ2n) is 4.25. The molecule has 2 fully saturated rings. The zero-order valence-electron chi connectivity index (χ0n) is 8.32. The van der Waals surface area contributed by atoms with Crippen molar-refractivity contribution in [3.63, 3.8) is 0 Å². The first-order valence-electron chi connectivity index (χ1n) is 5.34. The third-order valence-corrected chi connectivity index (χ3v) is 3.37. The van der Waals surface area contributed by atoms with Gasteiger partial charge in [-0.1, -0.05) is 11.6 Å². The predicted molar refractivity (Wildman–Crippen MR) is 59.2 cm³/mol. The number of hydrogen-bond acceptors (Lipinski definition) is 3. The summed E-state index contributed by atoms with van der Waals surface area (Å²) in [6, 6.07) is 2.34. The fraction of sp³-hybridized carbons (Fsp3) is 0.545. The largest absolute Gasteiger partial charge is 0.378 e. The summed E-state index contributed by atoms with van der Waals surface area (Å²) in [5, 5.41) is 4.11. The summed E-state index contributed by atoms with van der Waals surface area (Å²) in [4.78, 5) is 4.05. The van der Waals surface area contributed by atoms with E-state index in [1.54, 1.807) is 12.4 Å². The minimum absolute atomic E-state index is 0.383. The number of rotatable bonds is 2. The molecule has 0 spiro atoms. The molecule has 2 bridgehead atoms. The van der Waals surface area contributed by atoms with Gasteiger partial charge in [-0.2, -0.15) is 0 Å². The molecule has 80 valence electrons. The standard InChI is InChI=1S/C11H13ClN2O/c12-7-3-8(6-13-5-7)14-10-4-9-1-2-11(10)15-9/h3,5-6,9-11,14H,1-2,4H2. The van der Waals surface area contributed by atoms with E-state index in [9.17, 15) is 0 Å². The number of pyridine rings is 1. The van der Waals surface area contributed by atoms with Crippen LogP contribution >= 0.6 is 11.6 Å². The molecule has 3 atom stereocenters. The van der Waals surface area contributed by atoms with E-state index in [4.69, 9.17) is 16.3 Å². The van der Waals surface area contributed by atoms with Crippen LogP contribution in [-0.4, -0.2) is 23.2 Å². The summed E-state index contributed by atoms with van der Waals surface area (Å²) in [6.07, 6.45) is 7.81. The van der Waals surface area contributed by atoms with Gasteiger partial charge in [0.05, 0.1) is 35.2 Å². The molecule has 3 rings (SSSR count). The first kappa shape index (κ1) is 9.43. The van der Waals surface area contributed by atoms with Crippen LogP contribution in [0.25, 0.3) is 0 Å². The van der Waals surface area contributed by atoms with E-state index in [1.807, 2.05) is 6.07 Å². The Bertz CT molecular complexity index is 371. The fourth-order valence-electron chi connectivity index (χ4n) is 2.49. The predicted octanol–water partition coefficient (Wildman–Crippen LogP) is 2.47. The van der Waals surface area contributed by atoms with Gasteiger partial charge in [0.25, 0.3) is 0 Å². The Balaban J connectivity index is 1.71. The van der Waals surface area contributed by atoms with E-state index in [-0.39, 0.29) is 0 Å². The Morgan fingerprint density at radius 1 is 1.40 bits per heavy atom. The van der Waals surface area contributed by atoms with Crippen molar-refractivity contribution in [2.24, 2.45) is 0 Å². The van der Waals surface area contributed by atoms with E-state index >= 15 is 0 Å². The highest BCUT2D eigenvalue weighted by atomic mass is 35.5. The SMILES string of the molecule is Clc1cncc(NC2CC3CCC2O3)c1. The van der Waals surface area contributed by atoms with Crippen LogP contribution in [0, 0.1) is 0 Å². The van der Waals surface area contributed by atoms with Crippen molar-refractivity contribution in [3.05, 3.63) is 23.5 Å². The van der Waals surface area contributed by atoms with Gasteiger partial charge in [0.15, 0.2) is 0 Å². The lowest BCUT2D eigenvalue weighted by Crippen LogP contribution is -2.30. The molecule has 1 N–H and O–H groups in total. The van der Waals surface area contributed by atoms with Crippen LogP contribution in [-0.2, 0) is 4.74 Å². The summed E-state index contributed by atoms with van der Waals surface area (Å²) >= 11 is 5.88. The summed E-state index contributed by atoms with van der Waals surface area (Å²) < 4.78 is 5.77. The Kier molecular flexibility index (Phi) is 2.29. The minimum atomic E-state index is 0.383. The number of nitrogens with zero attached hydrogens (tertiary/aromatic N) is 1. The van der Waals surface area contributed by atoms with Crippen LogP contribution in [0.15, 0.2) is 18.5 Å². The first-order valence-corrected chi connectivity index (χ1v) is 5.71. The zero-order valence-corrected chi connectivity index (χ0v) is 9.07. The van der Waals surface area contributed by atoms with Gasteiger partial charge in [0.2, 0.25) is 0 Å². The second-order valence-corrected chi connectivity index (χ2v) is 4.69. The van der Waals surface area contributed by atoms with Crippen LogP contribution < -0.4 is 5.32 Å². The molecule has 2 aliphatic rings. The normalized spacial score (nSPS) is 33.3. The molecule has 4 heteroatoms. The lowest BCUT2D eigenvalue weighted by molar-refractivity contribution is 0.102. The number of fused-ring (bicyclic) bond motifs is 2. The van der Waals surface area contributed by atoms with Crippen LogP contribution in [0.2, 0.25) is 5.02 Å². The van der Waals surface area contributed by atoms with E-state index in [1.165, 1.54) is 12.8 Å². The second kappa shape index (κ2) is 3.65. The highest BCUT2D eigenvalue weighted by Gasteiger charge is 2.40. The molecule has 0 aromatic carbocycles. The molecule has 15 heavy (non-hydrogen) atoms. The smallest absolute Gasteiger partial charge is 0.0781 e. The van der Waals surface area contributed by atoms with Crippen molar-refractivity contribution < 1.29 is 4.74 Å². The molecule has 1 aromatic heterocycles. The molecule has 0 radical (unpaired) electrons. The van der Waals surface area contributed by atoms with Gasteiger partial charge in [0, 0.05) is 6.20 Å². The van der Waals surface area contributed by atoms with Gasteiger partial charge >= 0.3 is 0 Å². The summed E-state index contributed by atoms with van der Waals surface area (Å²) in [5.74, 6) is 0. The Morgan fingerprint density at radius 2 is 2.33 bits per heavy atom. The van der Waals surface area contributed by atoms with Crippen molar-refractivity contribution in [2.45, 2.75) is 37.5 Å². The summed E-state index contributed by atoms with van der Waals surface area (Å²) in [7, 11) is 0. The Labute approximate surface area is 93.8 Å². The van der Waals surface area contributed by atoms with Crippen molar-refractivity contribution in [3.8, 4) is 0 Å². The zero-order chi connectivity index (χ0) is 10.3. The Hall–Kier alpha value is -0.800. The highest BCUT2D eigenvalue weighted by Crippen LogP contribution is 2.35. The van der Waals surface area contributed by atoms with Crippen LogP contribution in [0.1, 0.15) is 19.3 Å². The van der Waals surface area contributed by atoms with E-state index in [0.717, 1.165) is 12.1 Å². The van der Waals surface area contributed by atoms with Gasteiger partial charge in [-0.15, -0.1) is 0 Å². The lowest BCUT2D eigenvalue weighted by Gasteiger charge is -2.20. The molecule has 2 saturated heterocycles. The summed E-state index contributed by atoms with van der Waals surface area (Å²) in [6.45, 7) is 0. The molecular weight excluding hydrogens is 212 g/mol. The van der Waals surface area contributed by atoms with Crippen molar-refractivity contribution in [1.29, 1.82) is 0 Å². The van der Waals surface area contributed by atoms with Crippen molar-refractivity contribution in [2.75, 3.05) is 5.32 Å². The molecule has 3 nitrogen and oxygen atoms in total. The van der Waals surface area contributed by atoms with Gasteiger partial charge in [-0.05, 0) is 25.3 Å². The average Bonchev–Trinajstić information content (AvgIpc) is 2.79. The quantitative estimate of drug-likeness (QED) is 0.838. The Morgan fingerprint density at radius 3 is 3.00 bits per heavy atom. The molecule has 1 aromatic rings. The number of aromatic nitrogens is 1. The van der Waals surface area contributed by atoms with Gasteiger partial charge in [-0.3, -0.25) is 4.98 Å². The maximum Gasteiger partial charge on any atom is 0.0781 e. The average molecular weight is 225 g/mol. The molecule has 3 heterocycles. The van der Waals surface area contributed by atoms with E-state index in [0.29, 0.717) is 23.3 Å². The monoisotopic (exact) mass is 224 g/mol. The first-order chi connectivity index (χ1) is 7.31. The third-order valence-electron chi connectivity index (χ3n) is 3.16. The number of halogens is 1. The number of hydrogen-bond donors (Lipinski definition) is 1. The van der Waals surface area contributed by atoms with Gasteiger partial charge in [-0.25, -0.2) is 0 Å². The highest BCUT2D eigenvalue weighted by molar-refractivity contribution is 6.30. The number of nitrogens with one attached hydrogen (secondary N) is 1. The topological polar surface area (TPSA) is 34.2 Å². The van der Waals surface area contributed by atoms with Crippen molar-refractivity contribution in [1.82, 2.24) is 4.98 Å². The molecule has 0 aliphatic carbocycles. The van der Waals surface area contributed by atoms with Gasteiger partial charge in [0.1, 0.15) is 0 Å². The van der Waals surface area contributed by atoms with E-state index < -0.39 is 0 Å². The molecule has 0 amide bonds. The maximum absolute atomic E-state index is 5.88. The minimum Gasteiger partial charge on any atom is -0.378 e. The number of anilines is 1. The van der Waals surface area contributed by atoms with Crippen molar-refractivity contribution >= 4 is 17.3 Å². The molecule has 3 unspecified atom stereocenters. The maximum atomic E-state index is 5.88. The lowest BCUT2D eigenvalue weighted by atomic mass is 9.95. The summed E-state index contributed by atoms with van der Waals surface area (Å²) in [5.41, 5.74) is 0.989. The fourth-order valence-corrected chi connectivity index (χ4v) is 2.67.